The molecule has 12 heavy (non-hydrogen) atoms. The maximum absolute atomic E-state index is 7.50. The van der Waals surface area contributed by atoms with Crippen LogP contribution in [0.2, 0.25) is 0 Å². The van der Waals surface area contributed by atoms with E-state index in [1.165, 1.54) is 7.11 Å². The summed E-state index contributed by atoms with van der Waals surface area (Å²) in [6.45, 7) is 4.17. The van der Waals surface area contributed by atoms with Crippen molar-refractivity contribution < 1.29 is 4.74 Å². The largest absolute Gasteiger partial charge is 0.481 e. The molecule has 1 unspecified atom stereocenters. The van der Waals surface area contributed by atoms with Crippen molar-refractivity contribution in [2.45, 2.75) is 20.3 Å². The van der Waals surface area contributed by atoms with Gasteiger partial charge in [-0.3, -0.25) is 5.41 Å². The van der Waals surface area contributed by atoms with E-state index in [0.29, 0.717) is 5.92 Å². The Morgan fingerprint density at radius 2 is 2.25 bits per heavy atom. The van der Waals surface area contributed by atoms with Crippen LogP contribution in [0.1, 0.15) is 20.3 Å². The van der Waals surface area contributed by atoms with Crippen molar-refractivity contribution in [3.8, 4) is 0 Å². The Morgan fingerprint density at radius 1 is 1.67 bits per heavy atom. The van der Waals surface area contributed by atoms with E-state index in [1.807, 2.05) is 13.2 Å². The molecule has 0 bridgehead atoms. The second-order valence-electron chi connectivity index (χ2n) is 2.73. The zero-order valence-corrected chi connectivity index (χ0v) is 8.27. The third kappa shape index (κ3) is 2.95. The highest BCUT2D eigenvalue weighted by atomic mass is 16.5. The number of hydrogen-bond acceptors (Lipinski definition) is 3. The zero-order chi connectivity index (χ0) is 9.56. The summed E-state index contributed by atoms with van der Waals surface area (Å²) in [7, 11) is 3.35. The first kappa shape index (κ1) is 11.0. The normalized spacial score (nSPS) is 13.8. The molecule has 0 aromatic rings. The fraction of sp³-hybridized carbons (Fsp3) is 0.667. The lowest BCUT2D eigenvalue weighted by Gasteiger charge is -2.13. The standard InChI is InChI=1S/C9H18N2O/c1-5-7(2)8(6-11-3)9(10)12-4/h6-7,10-11H,5H2,1-4H3/b8-6-,10-9?. The van der Waals surface area contributed by atoms with Gasteiger partial charge in [-0.1, -0.05) is 13.8 Å². The molecular formula is C9H18N2O. The highest BCUT2D eigenvalue weighted by molar-refractivity contribution is 5.91. The van der Waals surface area contributed by atoms with Crippen LogP contribution in [0.25, 0.3) is 0 Å². The average Bonchev–Trinajstić information content (AvgIpc) is 2.11. The minimum atomic E-state index is 0.249. The second kappa shape index (κ2) is 5.63. The summed E-state index contributed by atoms with van der Waals surface area (Å²) in [5, 5.41) is 10.4. The summed E-state index contributed by atoms with van der Waals surface area (Å²) in [4.78, 5) is 0. The number of rotatable bonds is 4. The van der Waals surface area contributed by atoms with E-state index in [9.17, 15) is 0 Å². The molecule has 0 heterocycles. The Morgan fingerprint density at radius 3 is 2.58 bits per heavy atom. The lowest BCUT2D eigenvalue weighted by molar-refractivity contribution is 0.393. The molecular weight excluding hydrogens is 152 g/mol. The van der Waals surface area contributed by atoms with Gasteiger partial charge in [0.2, 0.25) is 5.90 Å². The van der Waals surface area contributed by atoms with Crippen molar-refractivity contribution in [3.05, 3.63) is 11.8 Å². The predicted molar refractivity (Wildman–Crippen MR) is 51.3 cm³/mol. The molecule has 0 fully saturated rings. The molecule has 0 aromatic heterocycles. The average molecular weight is 170 g/mol. The van der Waals surface area contributed by atoms with E-state index in [4.69, 9.17) is 10.1 Å². The summed E-state index contributed by atoms with van der Waals surface area (Å²) < 4.78 is 4.86. The summed E-state index contributed by atoms with van der Waals surface area (Å²) >= 11 is 0. The van der Waals surface area contributed by atoms with Crippen LogP contribution >= 0.6 is 0 Å². The van der Waals surface area contributed by atoms with Gasteiger partial charge in [-0.25, -0.2) is 0 Å². The van der Waals surface area contributed by atoms with Crippen LogP contribution in [-0.4, -0.2) is 20.1 Å². The monoisotopic (exact) mass is 170 g/mol. The van der Waals surface area contributed by atoms with Gasteiger partial charge in [0, 0.05) is 18.8 Å². The highest BCUT2D eigenvalue weighted by Gasteiger charge is 2.11. The van der Waals surface area contributed by atoms with Crippen molar-refractivity contribution in [2.75, 3.05) is 14.2 Å². The Bertz CT molecular complexity index is 175. The second-order valence-corrected chi connectivity index (χ2v) is 2.73. The first-order chi connectivity index (χ1) is 5.67. The van der Waals surface area contributed by atoms with E-state index < -0.39 is 0 Å². The topological polar surface area (TPSA) is 45.1 Å². The van der Waals surface area contributed by atoms with Gasteiger partial charge in [-0.15, -0.1) is 0 Å². The van der Waals surface area contributed by atoms with Gasteiger partial charge in [-0.05, 0) is 12.3 Å². The first-order valence-electron chi connectivity index (χ1n) is 4.17. The lowest BCUT2D eigenvalue weighted by atomic mass is 9.99. The maximum Gasteiger partial charge on any atom is 0.210 e. The van der Waals surface area contributed by atoms with Crippen molar-refractivity contribution in [1.82, 2.24) is 5.32 Å². The van der Waals surface area contributed by atoms with Gasteiger partial charge in [0.15, 0.2) is 0 Å². The van der Waals surface area contributed by atoms with Crippen molar-refractivity contribution in [3.63, 3.8) is 0 Å². The Labute approximate surface area is 74.3 Å². The number of hydrogen-bond donors (Lipinski definition) is 2. The van der Waals surface area contributed by atoms with E-state index in [-0.39, 0.29) is 5.90 Å². The van der Waals surface area contributed by atoms with Crippen molar-refractivity contribution in [2.24, 2.45) is 5.92 Å². The van der Waals surface area contributed by atoms with E-state index in [0.717, 1.165) is 12.0 Å². The van der Waals surface area contributed by atoms with Gasteiger partial charge in [0.25, 0.3) is 0 Å². The van der Waals surface area contributed by atoms with Crippen LogP contribution in [0, 0.1) is 11.3 Å². The van der Waals surface area contributed by atoms with Crippen LogP contribution in [0.4, 0.5) is 0 Å². The molecule has 0 aliphatic carbocycles. The fourth-order valence-corrected chi connectivity index (χ4v) is 0.925. The van der Waals surface area contributed by atoms with Crippen LogP contribution in [0.5, 0.6) is 0 Å². The molecule has 0 radical (unpaired) electrons. The number of ether oxygens (including phenoxy) is 1. The molecule has 0 aliphatic rings. The number of nitrogens with one attached hydrogen (secondary N) is 2. The molecule has 0 aromatic carbocycles. The van der Waals surface area contributed by atoms with Crippen LogP contribution in [0.3, 0.4) is 0 Å². The molecule has 0 rings (SSSR count). The Kier molecular flexibility index (Phi) is 5.17. The zero-order valence-electron chi connectivity index (χ0n) is 8.27. The molecule has 3 nitrogen and oxygen atoms in total. The summed E-state index contributed by atoms with van der Waals surface area (Å²) in [5.74, 6) is 0.614. The molecule has 70 valence electrons. The van der Waals surface area contributed by atoms with Crippen LogP contribution in [-0.2, 0) is 4.74 Å². The van der Waals surface area contributed by atoms with Crippen LogP contribution in [0.15, 0.2) is 11.8 Å². The fourth-order valence-electron chi connectivity index (χ4n) is 0.925. The van der Waals surface area contributed by atoms with Crippen LogP contribution < -0.4 is 5.32 Å². The molecule has 0 saturated carbocycles. The number of methoxy groups -OCH3 is 1. The lowest BCUT2D eigenvalue weighted by Crippen LogP contribution is -2.14. The SMILES string of the molecule is CCC(C)/C(=C/NC)C(=N)OC. The van der Waals surface area contributed by atoms with Gasteiger partial charge in [0.05, 0.1) is 7.11 Å². The van der Waals surface area contributed by atoms with Crippen molar-refractivity contribution in [1.29, 1.82) is 5.41 Å². The van der Waals surface area contributed by atoms with Gasteiger partial charge in [0.1, 0.15) is 0 Å². The van der Waals surface area contributed by atoms with Gasteiger partial charge < -0.3 is 10.1 Å². The third-order valence-corrected chi connectivity index (χ3v) is 1.91. The summed E-state index contributed by atoms with van der Waals surface area (Å²) in [5.41, 5.74) is 0.919. The summed E-state index contributed by atoms with van der Waals surface area (Å²) in [6, 6.07) is 0. The first-order valence-corrected chi connectivity index (χ1v) is 4.17. The quantitative estimate of drug-likeness (QED) is 0.499. The smallest absolute Gasteiger partial charge is 0.210 e. The molecule has 0 saturated heterocycles. The van der Waals surface area contributed by atoms with Gasteiger partial charge >= 0.3 is 0 Å². The molecule has 3 heteroatoms. The maximum atomic E-state index is 7.50. The molecule has 1 atom stereocenters. The third-order valence-electron chi connectivity index (χ3n) is 1.91. The van der Waals surface area contributed by atoms with E-state index >= 15 is 0 Å². The van der Waals surface area contributed by atoms with Gasteiger partial charge in [-0.2, -0.15) is 0 Å². The molecule has 0 amide bonds. The van der Waals surface area contributed by atoms with Crippen molar-refractivity contribution >= 4 is 5.90 Å². The Balaban J connectivity index is 4.43. The Hall–Kier alpha value is -0.990. The van der Waals surface area contributed by atoms with E-state index in [1.54, 1.807) is 0 Å². The highest BCUT2D eigenvalue weighted by Crippen LogP contribution is 2.14. The molecule has 0 aliphatic heterocycles. The van der Waals surface area contributed by atoms with E-state index in [2.05, 4.69) is 19.2 Å². The predicted octanol–water partition coefficient (Wildman–Crippen LogP) is 1.76. The minimum Gasteiger partial charge on any atom is -0.481 e. The molecule has 2 N–H and O–H groups in total. The minimum absolute atomic E-state index is 0.249. The molecule has 0 spiro atoms. The summed E-state index contributed by atoms with van der Waals surface area (Å²) in [6.07, 6.45) is 2.83.